The van der Waals surface area contributed by atoms with Gasteiger partial charge in [-0.25, -0.2) is 0 Å². The molecule has 0 bridgehead atoms. The van der Waals surface area contributed by atoms with E-state index in [1.165, 1.54) is 0 Å². The molecule has 1 atom stereocenters. The van der Waals surface area contributed by atoms with E-state index in [-0.39, 0.29) is 12.5 Å². The zero-order chi connectivity index (χ0) is 12.5. The third kappa shape index (κ3) is 3.28. The number of carbonyl (C=O) groups excluding carboxylic acids is 1. The fourth-order valence-electron chi connectivity index (χ4n) is 1.98. The third-order valence-corrected chi connectivity index (χ3v) is 2.79. The highest BCUT2D eigenvalue weighted by Crippen LogP contribution is 2.19. The van der Waals surface area contributed by atoms with Crippen molar-refractivity contribution in [2.24, 2.45) is 0 Å². The molecule has 6 heteroatoms. The molecule has 1 aliphatic rings. The third-order valence-electron chi connectivity index (χ3n) is 2.79. The summed E-state index contributed by atoms with van der Waals surface area (Å²) < 4.78 is 4.85. The zero-order valence-electron chi connectivity index (χ0n) is 10.1. The minimum atomic E-state index is -0.676. The van der Waals surface area contributed by atoms with Gasteiger partial charge in [0.2, 0.25) is 5.91 Å². The predicted molar refractivity (Wildman–Crippen MR) is 61.6 cm³/mol. The van der Waals surface area contributed by atoms with E-state index >= 15 is 0 Å². The van der Waals surface area contributed by atoms with Gasteiger partial charge in [-0.15, -0.1) is 0 Å². The van der Waals surface area contributed by atoms with Crippen LogP contribution < -0.4 is 5.32 Å². The molecule has 2 rings (SSSR count). The number of β-amino-alcohol motifs (C(OH)–C–C–N with tert-alkyl or cyclic N) is 1. The minimum Gasteiger partial charge on any atom is -0.389 e. The summed E-state index contributed by atoms with van der Waals surface area (Å²) in [5.74, 6) is 0.943. The van der Waals surface area contributed by atoms with Gasteiger partial charge in [-0.05, 0) is 20.3 Å². The molecule has 6 nitrogen and oxygen atoms in total. The Morgan fingerprint density at radius 2 is 2.53 bits per heavy atom. The molecule has 0 saturated carbocycles. The van der Waals surface area contributed by atoms with Gasteiger partial charge in [0.1, 0.15) is 5.76 Å². The SMILES string of the molecule is Cc1cc(NC(=O)CN2CCC(C)(O)C2)no1. The van der Waals surface area contributed by atoms with Crippen molar-refractivity contribution in [2.75, 3.05) is 25.0 Å². The van der Waals surface area contributed by atoms with Crippen molar-refractivity contribution < 1.29 is 14.4 Å². The maximum atomic E-state index is 11.7. The Kier molecular flexibility index (Phi) is 3.17. The highest BCUT2D eigenvalue weighted by atomic mass is 16.5. The molecule has 0 spiro atoms. The summed E-state index contributed by atoms with van der Waals surface area (Å²) in [6, 6.07) is 1.66. The van der Waals surface area contributed by atoms with Crippen molar-refractivity contribution in [1.29, 1.82) is 0 Å². The fourth-order valence-corrected chi connectivity index (χ4v) is 1.98. The van der Waals surface area contributed by atoms with Crippen molar-refractivity contribution in [3.05, 3.63) is 11.8 Å². The number of hydrogen-bond acceptors (Lipinski definition) is 5. The van der Waals surface area contributed by atoms with E-state index in [1.807, 2.05) is 4.90 Å². The van der Waals surface area contributed by atoms with Gasteiger partial charge in [0, 0.05) is 19.2 Å². The Bertz CT molecular complexity index is 414. The molecular weight excluding hydrogens is 222 g/mol. The molecule has 94 valence electrons. The van der Waals surface area contributed by atoms with Gasteiger partial charge >= 0.3 is 0 Å². The number of nitrogens with zero attached hydrogens (tertiary/aromatic N) is 2. The van der Waals surface area contributed by atoms with E-state index in [0.29, 0.717) is 24.5 Å². The molecule has 1 unspecified atom stereocenters. The second-order valence-electron chi connectivity index (χ2n) is 4.83. The van der Waals surface area contributed by atoms with Gasteiger partial charge in [-0.1, -0.05) is 5.16 Å². The zero-order valence-corrected chi connectivity index (χ0v) is 10.1. The maximum absolute atomic E-state index is 11.7. The van der Waals surface area contributed by atoms with Crippen molar-refractivity contribution in [3.63, 3.8) is 0 Å². The molecule has 0 radical (unpaired) electrons. The van der Waals surface area contributed by atoms with Crippen LogP contribution in [0.3, 0.4) is 0 Å². The lowest BCUT2D eigenvalue weighted by Crippen LogP contribution is -2.35. The van der Waals surface area contributed by atoms with Crippen molar-refractivity contribution >= 4 is 11.7 Å². The lowest BCUT2D eigenvalue weighted by molar-refractivity contribution is -0.117. The van der Waals surface area contributed by atoms with Crippen LogP contribution in [0.5, 0.6) is 0 Å². The molecule has 1 aromatic heterocycles. The summed E-state index contributed by atoms with van der Waals surface area (Å²) in [5, 5.41) is 16.1. The van der Waals surface area contributed by atoms with Crippen LogP contribution in [-0.4, -0.2) is 46.3 Å². The van der Waals surface area contributed by atoms with Crippen LogP contribution in [0.4, 0.5) is 5.82 Å². The molecule has 1 saturated heterocycles. The highest BCUT2D eigenvalue weighted by molar-refractivity contribution is 5.91. The molecule has 1 fully saturated rings. The average Bonchev–Trinajstić information content (AvgIpc) is 2.73. The Labute approximate surface area is 99.6 Å². The van der Waals surface area contributed by atoms with Crippen LogP contribution in [0, 0.1) is 6.92 Å². The molecular formula is C11H17N3O3. The number of aryl methyl sites for hydroxylation is 1. The van der Waals surface area contributed by atoms with E-state index in [0.717, 1.165) is 6.54 Å². The first-order valence-electron chi connectivity index (χ1n) is 5.62. The number of hydrogen-bond donors (Lipinski definition) is 2. The number of aromatic nitrogens is 1. The van der Waals surface area contributed by atoms with Crippen LogP contribution in [0.2, 0.25) is 0 Å². The quantitative estimate of drug-likeness (QED) is 0.797. The number of amides is 1. The van der Waals surface area contributed by atoms with Gasteiger partial charge in [-0.2, -0.15) is 0 Å². The van der Waals surface area contributed by atoms with E-state index in [1.54, 1.807) is 19.9 Å². The Balaban J connectivity index is 1.82. The molecule has 1 aromatic rings. The Hall–Kier alpha value is -1.40. The highest BCUT2D eigenvalue weighted by Gasteiger charge is 2.32. The summed E-state index contributed by atoms with van der Waals surface area (Å²) in [4.78, 5) is 13.6. The fraction of sp³-hybridized carbons (Fsp3) is 0.636. The van der Waals surface area contributed by atoms with Crippen molar-refractivity contribution in [1.82, 2.24) is 10.1 Å². The summed E-state index contributed by atoms with van der Waals surface area (Å²) in [6.07, 6.45) is 0.698. The summed E-state index contributed by atoms with van der Waals surface area (Å²) in [6.45, 7) is 5.07. The number of anilines is 1. The predicted octanol–water partition coefficient (Wildman–Crippen LogP) is 0.378. The molecule has 2 heterocycles. The molecule has 1 aliphatic heterocycles. The topological polar surface area (TPSA) is 78.6 Å². The van der Waals surface area contributed by atoms with Crippen LogP contribution in [-0.2, 0) is 4.79 Å². The van der Waals surface area contributed by atoms with Crippen molar-refractivity contribution in [3.8, 4) is 0 Å². The van der Waals surface area contributed by atoms with Gasteiger partial charge in [0.15, 0.2) is 5.82 Å². The first-order chi connectivity index (χ1) is 7.94. The van der Waals surface area contributed by atoms with Gasteiger partial charge in [0.25, 0.3) is 0 Å². The number of nitrogens with one attached hydrogen (secondary N) is 1. The molecule has 2 N–H and O–H groups in total. The lowest BCUT2D eigenvalue weighted by Gasteiger charge is -2.17. The number of rotatable bonds is 3. The average molecular weight is 239 g/mol. The van der Waals surface area contributed by atoms with E-state index in [4.69, 9.17) is 4.52 Å². The molecule has 17 heavy (non-hydrogen) atoms. The first kappa shape index (κ1) is 12.1. The summed E-state index contributed by atoms with van der Waals surface area (Å²) in [5.41, 5.74) is -0.676. The molecule has 0 aliphatic carbocycles. The van der Waals surface area contributed by atoms with E-state index in [9.17, 15) is 9.90 Å². The second kappa shape index (κ2) is 4.46. The monoisotopic (exact) mass is 239 g/mol. The Morgan fingerprint density at radius 1 is 1.76 bits per heavy atom. The number of carbonyl (C=O) groups is 1. The van der Waals surface area contributed by atoms with Crippen LogP contribution in [0.15, 0.2) is 10.6 Å². The summed E-state index contributed by atoms with van der Waals surface area (Å²) >= 11 is 0. The van der Waals surface area contributed by atoms with Crippen molar-refractivity contribution in [2.45, 2.75) is 25.9 Å². The lowest BCUT2D eigenvalue weighted by atomic mass is 10.1. The van der Waals surface area contributed by atoms with Crippen LogP contribution in [0.25, 0.3) is 0 Å². The second-order valence-corrected chi connectivity index (χ2v) is 4.83. The first-order valence-corrected chi connectivity index (χ1v) is 5.62. The minimum absolute atomic E-state index is 0.143. The van der Waals surface area contributed by atoms with Gasteiger partial charge in [-0.3, -0.25) is 9.69 Å². The normalized spacial score (nSPS) is 25.1. The van der Waals surface area contributed by atoms with Crippen LogP contribution in [0.1, 0.15) is 19.1 Å². The largest absolute Gasteiger partial charge is 0.389 e. The molecule has 1 amide bonds. The van der Waals surface area contributed by atoms with E-state index < -0.39 is 5.60 Å². The molecule has 0 aromatic carbocycles. The van der Waals surface area contributed by atoms with Crippen LogP contribution >= 0.6 is 0 Å². The summed E-state index contributed by atoms with van der Waals surface area (Å²) in [7, 11) is 0. The number of aliphatic hydroxyl groups is 1. The smallest absolute Gasteiger partial charge is 0.239 e. The maximum Gasteiger partial charge on any atom is 0.239 e. The van der Waals surface area contributed by atoms with E-state index in [2.05, 4.69) is 10.5 Å². The van der Waals surface area contributed by atoms with Gasteiger partial charge < -0.3 is 14.9 Å². The Morgan fingerprint density at radius 3 is 3.06 bits per heavy atom. The number of likely N-dealkylation sites (tertiary alicyclic amines) is 1. The standard InChI is InChI=1S/C11H17N3O3/c1-8-5-9(13-17-8)12-10(15)6-14-4-3-11(2,16)7-14/h5,16H,3-4,6-7H2,1-2H3,(H,12,13,15). The van der Waals surface area contributed by atoms with Gasteiger partial charge in [0.05, 0.1) is 12.1 Å².